The van der Waals surface area contributed by atoms with Crippen LogP contribution in [-0.2, 0) is 10.8 Å². The van der Waals surface area contributed by atoms with Gasteiger partial charge in [-0.25, -0.2) is 0 Å². The fourth-order valence-electron chi connectivity index (χ4n) is 4.29. The van der Waals surface area contributed by atoms with Gasteiger partial charge in [0.1, 0.15) is 5.75 Å². The van der Waals surface area contributed by atoms with Crippen molar-refractivity contribution >= 4 is 27.4 Å². The van der Waals surface area contributed by atoms with Gasteiger partial charge in [0.15, 0.2) is 0 Å². The molecule has 1 atom stereocenters. The number of pyridine rings is 1. The molecule has 2 heterocycles. The van der Waals surface area contributed by atoms with E-state index in [9.17, 15) is 4.21 Å². The SMILES string of the molecule is COc1ccc2c(N3CCC4(CC3)CC(S(C)=O)C4)ccnc2c1. The van der Waals surface area contributed by atoms with E-state index in [2.05, 4.69) is 22.0 Å². The van der Waals surface area contributed by atoms with Crippen molar-refractivity contribution in [1.82, 2.24) is 4.98 Å². The molecule has 4 nitrogen and oxygen atoms in total. The first-order valence-corrected chi connectivity index (χ1v) is 10.2. The number of anilines is 1. The molecule has 0 N–H and O–H groups in total. The highest BCUT2D eigenvalue weighted by molar-refractivity contribution is 7.84. The van der Waals surface area contributed by atoms with Gasteiger partial charge < -0.3 is 9.64 Å². The summed E-state index contributed by atoms with van der Waals surface area (Å²) >= 11 is 0. The van der Waals surface area contributed by atoms with E-state index in [0.717, 1.165) is 37.2 Å². The normalized spacial score (nSPS) is 21.7. The Balaban J connectivity index is 1.52. The Morgan fingerprint density at radius 2 is 2.00 bits per heavy atom. The molecule has 1 aromatic carbocycles. The fourth-order valence-corrected chi connectivity index (χ4v) is 5.46. The Kier molecular flexibility index (Phi) is 3.99. The molecule has 1 aliphatic carbocycles. The Bertz CT molecular complexity index is 776. The molecular weight excluding hydrogens is 320 g/mol. The van der Waals surface area contributed by atoms with E-state index in [1.807, 2.05) is 24.6 Å². The van der Waals surface area contributed by atoms with Gasteiger partial charge >= 0.3 is 0 Å². The van der Waals surface area contributed by atoms with Gasteiger partial charge in [-0.05, 0) is 49.3 Å². The van der Waals surface area contributed by atoms with Crippen LogP contribution in [-0.4, -0.2) is 40.9 Å². The quantitative estimate of drug-likeness (QED) is 0.856. The first-order valence-electron chi connectivity index (χ1n) is 8.60. The van der Waals surface area contributed by atoms with Crippen molar-refractivity contribution in [2.75, 3.05) is 31.4 Å². The summed E-state index contributed by atoms with van der Waals surface area (Å²) in [5, 5.41) is 1.63. The van der Waals surface area contributed by atoms with Crippen LogP contribution in [0.1, 0.15) is 25.7 Å². The highest BCUT2D eigenvalue weighted by Crippen LogP contribution is 2.51. The summed E-state index contributed by atoms with van der Waals surface area (Å²) in [4.78, 5) is 6.97. The molecule has 24 heavy (non-hydrogen) atoms. The Morgan fingerprint density at radius 1 is 1.25 bits per heavy atom. The molecule has 128 valence electrons. The number of piperidine rings is 1. The number of methoxy groups -OCH3 is 1. The number of rotatable bonds is 3. The summed E-state index contributed by atoms with van der Waals surface area (Å²) in [6.45, 7) is 2.16. The first kappa shape index (κ1) is 15.9. The molecule has 0 amide bonds. The second kappa shape index (κ2) is 6.03. The molecule has 0 bridgehead atoms. The van der Waals surface area contributed by atoms with Crippen molar-refractivity contribution in [2.24, 2.45) is 5.41 Å². The van der Waals surface area contributed by atoms with Gasteiger partial charge in [0.25, 0.3) is 0 Å². The zero-order valence-corrected chi connectivity index (χ0v) is 15.1. The molecule has 4 rings (SSSR count). The third-order valence-corrected chi connectivity index (χ3v) is 7.15. The molecule has 1 unspecified atom stereocenters. The van der Waals surface area contributed by atoms with E-state index < -0.39 is 10.8 Å². The van der Waals surface area contributed by atoms with Crippen LogP contribution in [0.15, 0.2) is 30.5 Å². The number of ether oxygens (including phenoxy) is 1. The average molecular weight is 344 g/mol. The number of hydrogen-bond acceptors (Lipinski definition) is 4. The first-order chi connectivity index (χ1) is 11.6. The third kappa shape index (κ3) is 2.69. The van der Waals surface area contributed by atoms with E-state index in [1.54, 1.807) is 7.11 Å². The monoisotopic (exact) mass is 344 g/mol. The molecule has 2 aromatic rings. The highest BCUT2D eigenvalue weighted by Gasteiger charge is 2.47. The predicted octanol–water partition coefficient (Wildman–Crippen LogP) is 3.37. The van der Waals surface area contributed by atoms with Gasteiger partial charge in [-0.1, -0.05) is 0 Å². The molecule has 5 heteroatoms. The molecule has 1 saturated carbocycles. The lowest BCUT2D eigenvalue weighted by molar-refractivity contribution is 0.102. The standard InChI is InChI=1S/C19H24N2O2S/c1-23-14-3-4-16-17(11-14)20-8-5-18(16)21-9-6-19(7-10-21)12-15(13-19)24(2)22/h3-5,8,11,15H,6-7,9-10,12-13H2,1-2H3. The number of nitrogens with zero attached hydrogens (tertiary/aromatic N) is 2. The zero-order valence-electron chi connectivity index (χ0n) is 14.3. The van der Waals surface area contributed by atoms with Gasteiger partial charge in [0, 0.05) is 58.7 Å². The summed E-state index contributed by atoms with van der Waals surface area (Å²) < 4.78 is 16.9. The summed E-state index contributed by atoms with van der Waals surface area (Å²) in [5.74, 6) is 0.845. The second-order valence-electron chi connectivity index (χ2n) is 7.23. The maximum atomic E-state index is 11.6. The second-order valence-corrected chi connectivity index (χ2v) is 8.89. The average Bonchev–Trinajstić information content (AvgIpc) is 2.58. The molecule has 1 aliphatic heterocycles. The Hall–Kier alpha value is -1.62. The molecule has 1 spiro atoms. The number of hydrogen-bond donors (Lipinski definition) is 0. The van der Waals surface area contributed by atoms with Crippen molar-refractivity contribution in [2.45, 2.75) is 30.9 Å². The van der Waals surface area contributed by atoms with Crippen molar-refractivity contribution in [3.8, 4) is 5.75 Å². The lowest BCUT2D eigenvalue weighted by Gasteiger charge is -2.52. The van der Waals surface area contributed by atoms with Gasteiger partial charge in [-0.15, -0.1) is 0 Å². The minimum atomic E-state index is -0.652. The molecule has 1 saturated heterocycles. The van der Waals surface area contributed by atoms with Crippen LogP contribution in [0.2, 0.25) is 0 Å². The molecular formula is C19H24N2O2S. The Labute approximate surface area is 145 Å². The summed E-state index contributed by atoms with van der Waals surface area (Å²) in [5.41, 5.74) is 2.71. The fraction of sp³-hybridized carbons (Fsp3) is 0.526. The molecule has 2 fully saturated rings. The Morgan fingerprint density at radius 3 is 2.67 bits per heavy atom. The van der Waals surface area contributed by atoms with Crippen molar-refractivity contribution < 1.29 is 8.95 Å². The predicted molar refractivity (Wildman–Crippen MR) is 99.3 cm³/mol. The van der Waals surface area contributed by atoms with Gasteiger partial charge in [-0.3, -0.25) is 9.19 Å². The maximum absolute atomic E-state index is 11.6. The van der Waals surface area contributed by atoms with Crippen LogP contribution in [0, 0.1) is 5.41 Å². The largest absolute Gasteiger partial charge is 0.497 e. The van der Waals surface area contributed by atoms with E-state index >= 15 is 0 Å². The van der Waals surface area contributed by atoms with Crippen molar-refractivity contribution in [1.29, 1.82) is 0 Å². The van der Waals surface area contributed by atoms with Gasteiger partial charge in [0.2, 0.25) is 0 Å². The summed E-state index contributed by atoms with van der Waals surface area (Å²) in [6.07, 6.45) is 8.46. The molecule has 1 aromatic heterocycles. The topological polar surface area (TPSA) is 42.4 Å². The summed E-state index contributed by atoms with van der Waals surface area (Å²) in [6, 6.07) is 8.24. The highest BCUT2D eigenvalue weighted by atomic mass is 32.2. The van der Waals surface area contributed by atoms with E-state index in [-0.39, 0.29) is 0 Å². The van der Waals surface area contributed by atoms with Crippen molar-refractivity contribution in [3.05, 3.63) is 30.5 Å². The lowest BCUT2D eigenvalue weighted by Crippen LogP contribution is -2.50. The van der Waals surface area contributed by atoms with Crippen LogP contribution in [0.5, 0.6) is 5.75 Å². The van der Waals surface area contributed by atoms with Crippen molar-refractivity contribution in [3.63, 3.8) is 0 Å². The van der Waals surface area contributed by atoms with Crippen LogP contribution in [0.25, 0.3) is 10.9 Å². The van der Waals surface area contributed by atoms with Gasteiger partial charge in [-0.2, -0.15) is 0 Å². The van der Waals surface area contributed by atoms with Gasteiger partial charge in [0.05, 0.1) is 12.6 Å². The van der Waals surface area contributed by atoms with E-state index in [1.165, 1.54) is 23.9 Å². The number of fused-ring (bicyclic) bond motifs is 1. The summed E-state index contributed by atoms with van der Waals surface area (Å²) in [7, 11) is 1.03. The van der Waals surface area contributed by atoms with E-state index in [4.69, 9.17) is 4.74 Å². The lowest BCUT2D eigenvalue weighted by atomic mass is 9.63. The van der Waals surface area contributed by atoms with E-state index in [0.29, 0.717) is 10.7 Å². The minimum absolute atomic E-state index is 0.436. The minimum Gasteiger partial charge on any atom is -0.497 e. The van der Waals surface area contributed by atoms with Crippen LogP contribution < -0.4 is 9.64 Å². The van der Waals surface area contributed by atoms with Crippen LogP contribution in [0.3, 0.4) is 0 Å². The third-order valence-electron chi connectivity index (χ3n) is 5.88. The smallest absolute Gasteiger partial charge is 0.121 e. The maximum Gasteiger partial charge on any atom is 0.121 e. The molecule has 2 aliphatic rings. The van der Waals surface area contributed by atoms with Crippen LogP contribution in [0.4, 0.5) is 5.69 Å². The zero-order chi connectivity index (χ0) is 16.7. The number of aromatic nitrogens is 1. The van der Waals surface area contributed by atoms with Crippen LogP contribution >= 0.6 is 0 Å². The number of benzene rings is 1. The molecule has 0 radical (unpaired) electrons.